The number of urea groups is 1. The van der Waals surface area contributed by atoms with Gasteiger partial charge in [0.05, 0.1) is 20.3 Å². The quantitative estimate of drug-likeness (QED) is 0.885. The average Bonchev–Trinajstić information content (AvgIpc) is 2.68. The zero-order chi connectivity index (χ0) is 18.5. The second-order valence-corrected chi connectivity index (χ2v) is 6.89. The van der Waals surface area contributed by atoms with Crippen LogP contribution in [0, 0.1) is 0 Å². The number of nitrogens with zero attached hydrogens (tertiary/aromatic N) is 2. The van der Waals surface area contributed by atoms with E-state index < -0.39 is 0 Å². The number of likely N-dealkylation sites (N-methyl/N-ethyl adjacent to an activating group) is 1. The molecule has 144 valence electrons. The Morgan fingerprint density at radius 3 is 2.58 bits per heavy atom. The molecule has 0 aromatic heterocycles. The van der Waals surface area contributed by atoms with Crippen molar-refractivity contribution in [3.8, 4) is 11.5 Å². The molecule has 2 aliphatic heterocycles. The van der Waals surface area contributed by atoms with Gasteiger partial charge in [-0.3, -0.25) is 4.90 Å². The molecule has 26 heavy (non-hydrogen) atoms. The molecular formula is C19H29N3O4. The zero-order valence-corrected chi connectivity index (χ0v) is 15.9. The number of benzene rings is 1. The molecule has 2 heterocycles. The SMILES string of the molecule is COc1ccc(C2CN(C(=O)NC3CCOCC3)CCN2C)cc1OC. The van der Waals surface area contributed by atoms with Crippen LogP contribution in [0.15, 0.2) is 18.2 Å². The van der Waals surface area contributed by atoms with Gasteiger partial charge in [-0.1, -0.05) is 6.07 Å². The third-order valence-electron chi connectivity index (χ3n) is 5.28. The van der Waals surface area contributed by atoms with Crippen LogP contribution in [0.5, 0.6) is 11.5 Å². The fourth-order valence-corrected chi connectivity index (χ4v) is 3.59. The summed E-state index contributed by atoms with van der Waals surface area (Å²) in [6.45, 7) is 3.67. The first-order chi connectivity index (χ1) is 12.6. The number of nitrogens with one attached hydrogen (secondary N) is 1. The summed E-state index contributed by atoms with van der Waals surface area (Å²) in [5, 5.41) is 3.16. The Labute approximate surface area is 155 Å². The summed E-state index contributed by atoms with van der Waals surface area (Å²) in [4.78, 5) is 16.9. The third kappa shape index (κ3) is 4.22. The lowest BCUT2D eigenvalue weighted by molar-refractivity contribution is 0.0732. The molecule has 2 amide bonds. The van der Waals surface area contributed by atoms with Crippen molar-refractivity contribution < 1.29 is 19.0 Å². The maximum Gasteiger partial charge on any atom is 0.317 e. The number of carbonyl (C=O) groups is 1. The molecule has 1 aromatic rings. The standard InChI is InChI=1S/C19H29N3O4/c1-21-8-9-22(19(23)20-15-6-10-26-11-7-15)13-16(21)14-4-5-17(24-2)18(12-14)25-3/h4-5,12,15-16H,6-11,13H2,1-3H3,(H,20,23). The van der Waals surface area contributed by atoms with E-state index in [4.69, 9.17) is 14.2 Å². The highest BCUT2D eigenvalue weighted by Gasteiger charge is 2.30. The van der Waals surface area contributed by atoms with Crippen molar-refractivity contribution in [1.29, 1.82) is 0 Å². The van der Waals surface area contributed by atoms with Crippen LogP contribution in [-0.2, 0) is 4.74 Å². The lowest BCUT2D eigenvalue weighted by atomic mass is 10.0. The van der Waals surface area contributed by atoms with E-state index in [0.717, 1.165) is 44.7 Å². The zero-order valence-electron chi connectivity index (χ0n) is 15.9. The van der Waals surface area contributed by atoms with E-state index in [1.165, 1.54) is 0 Å². The van der Waals surface area contributed by atoms with E-state index in [1.807, 2.05) is 23.1 Å². The van der Waals surface area contributed by atoms with Crippen LogP contribution >= 0.6 is 0 Å². The van der Waals surface area contributed by atoms with E-state index in [2.05, 4.69) is 17.3 Å². The highest BCUT2D eigenvalue weighted by molar-refractivity contribution is 5.74. The van der Waals surface area contributed by atoms with Gasteiger partial charge < -0.3 is 24.4 Å². The molecule has 1 aromatic carbocycles. The van der Waals surface area contributed by atoms with E-state index in [0.29, 0.717) is 18.0 Å². The number of amides is 2. The van der Waals surface area contributed by atoms with Crippen LogP contribution in [0.1, 0.15) is 24.4 Å². The highest BCUT2D eigenvalue weighted by atomic mass is 16.5. The summed E-state index contributed by atoms with van der Waals surface area (Å²) in [7, 11) is 5.36. The second-order valence-electron chi connectivity index (χ2n) is 6.89. The highest BCUT2D eigenvalue weighted by Crippen LogP contribution is 2.33. The summed E-state index contributed by atoms with van der Waals surface area (Å²) in [6, 6.07) is 6.33. The van der Waals surface area contributed by atoms with E-state index in [1.54, 1.807) is 14.2 Å². The molecule has 0 radical (unpaired) electrons. The van der Waals surface area contributed by atoms with Gasteiger partial charge in [-0.15, -0.1) is 0 Å². The minimum absolute atomic E-state index is 0.0236. The van der Waals surface area contributed by atoms with Crippen LogP contribution in [0.25, 0.3) is 0 Å². The van der Waals surface area contributed by atoms with Gasteiger partial charge in [-0.05, 0) is 37.6 Å². The first-order valence-electron chi connectivity index (χ1n) is 9.17. The van der Waals surface area contributed by atoms with Gasteiger partial charge in [0, 0.05) is 38.9 Å². The van der Waals surface area contributed by atoms with Gasteiger partial charge in [0.1, 0.15) is 0 Å². The molecule has 0 saturated carbocycles. The topological polar surface area (TPSA) is 63.3 Å². The number of hydrogen-bond acceptors (Lipinski definition) is 5. The monoisotopic (exact) mass is 363 g/mol. The van der Waals surface area contributed by atoms with Gasteiger partial charge >= 0.3 is 6.03 Å². The van der Waals surface area contributed by atoms with Crippen LogP contribution in [-0.4, -0.2) is 76.0 Å². The minimum Gasteiger partial charge on any atom is -0.493 e. The van der Waals surface area contributed by atoms with Crippen molar-refractivity contribution >= 4 is 6.03 Å². The smallest absolute Gasteiger partial charge is 0.317 e. The van der Waals surface area contributed by atoms with E-state index in [-0.39, 0.29) is 18.1 Å². The fourth-order valence-electron chi connectivity index (χ4n) is 3.59. The molecule has 2 fully saturated rings. The van der Waals surface area contributed by atoms with Crippen LogP contribution in [0.2, 0.25) is 0 Å². The molecule has 0 aliphatic carbocycles. The summed E-state index contributed by atoms with van der Waals surface area (Å²) in [6.07, 6.45) is 1.77. The predicted molar refractivity (Wildman–Crippen MR) is 98.9 cm³/mol. The summed E-state index contributed by atoms with van der Waals surface area (Å²) in [5.74, 6) is 1.42. The molecule has 1 unspecified atom stereocenters. The Morgan fingerprint density at radius 1 is 1.15 bits per heavy atom. The van der Waals surface area contributed by atoms with Crippen molar-refractivity contribution in [2.45, 2.75) is 24.9 Å². The molecule has 0 bridgehead atoms. The number of ether oxygens (including phenoxy) is 3. The van der Waals surface area contributed by atoms with Crippen molar-refractivity contribution in [2.24, 2.45) is 0 Å². The van der Waals surface area contributed by atoms with Crippen molar-refractivity contribution in [1.82, 2.24) is 15.1 Å². The molecule has 2 aliphatic rings. The van der Waals surface area contributed by atoms with Crippen molar-refractivity contribution in [2.75, 3.05) is 54.1 Å². The molecule has 1 N–H and O–H groups in total. The Kier molecular flexibility index (Phi) is 6.21. The molecule has 7 nitrogen and oxygen atoms in total. The Hall–Kier alpha value is -1.99. The Balaban J connectivity index is 1.68. The summed E-state index contributed by atoms with van der Waals surface area (Å²) < 4.78 is 16.1. The van der Waals surface area contributed by atoms with Gasteiger partial charge in [-0.25, -0.2) is 4.79 Å². The van der Waals surface area contributed by atoms with Crippen LogP contribution < -0.4 is 14.8 Å². The summed E-state index contributed by atoms with van der Waals surface area (Å²) >= 11 is 0. The number of rotatable bonds is 4. The lowest BCUT2D eigenvalue weighted by Crippen LogP contribution is -2.54. The number of piperazine rings is 1. The van der Waals surface area contributed by atoms with E-state index >= 15 is 0 Å². The Bertz CT molecular complexity index is 619. The molecule has 2 saturated heterocycles. The normalized spacial score (nSPS) is 22.1. The van der Waals surface area contributed by atoms with Gasteiger partial charge in [0.15, 0.2) is 11.5 Å². The maximum atomic E-state index is 12.7. The van der Waals surface area contributed by atoms with E-state index in [9.17, 15) is 4.79 Å². The van der Waals surface area contributed by atoms with Crippen LogP contribution in [0.4, 0.5) is 4.79 Å². The molecular weight excluding hydrogens is 334 g/mol. The largest absolute Gasteiger partial charge is 0.493 e. The lowest BCUT2D eigenvalue weighted by Gasteiger charge is -2.40. The van der Waals surface area contributed by atoms with Gasteiger partial charge in [0.2, 0.25) is 0 Å². The average molecular weight is 363 g/mol. The van der Waals surface area contributed by atoms with Crippen molar-refractivity contribution in [3.63, 3.8) is 0 Å². The first kappa shape index (κ1) is 18.8. The summed E-state index contributed by atoms with van der Waals surface area (Å²) in [5.41, 5.74) is 1.12. The van der Waals surface area contributed by atoms with Gasteiger partial charge in [-0.2, -0.15) is 0 Å². The third-order valence-corrected chi connectivity index (χ3v) is 5.28. The maximum absolute atomic E-state index is 12.7. The van der Waals surface area contributed by atoms with Gasteiger partial charge in [0.25, 0.3) is 0 Å². The number of carbonyl (C=O) groups excluding carboxylic acids is 1. The second kappa shape index (κ2) is 8.60. The fraction of sp³-hybridized carbons (Fsp3) is 0.632. The first-order valence-corrected chi connectivity index (χ1v) is 9.17. The molecule has 3 rings (SSSR count). The molecule has 7 heteroatoms. The predicted octanol–water partition coefficient (Wildman–Crippen LogP) is 1.88. The number of hydrogen-bond donors (Lipinski definition) is 1. The molecule has 1 atom stereocenters. The Morgan fingerprint density at radius 2 is 1.88 bits per heavy atom. The minimum atomic E-state index is 0.0236. The van der Waals surface area contributed by atoms with Crippen LogP contribution in [0.3, 0.4) is 0 Å². The molecule has 0 spiro atoms. The number of methoxy groups -OCH3 is 2. The van der Waals surface area contributed by atoms with Crippen molar-refractivity contribution in [3.05, 3.63) is 23.8 Å².